The summed E-state index contributed by atoms with van der Waals surface area (Å²) in [5, 5.41) is 0. The molecular formula is C21H29N5O2. The van der Waals surface area contributed by atoms with E-state index in [1.165, 1.54) is 17.3 Å². The highest BCUT2D eigenvalue weighted by molar-refractivity contribution is 6.06. The van der Waals surface area contributed by atoms with E-state index >= 15 is 0 Å². The number of amides is 2. The summed E-state index contributed by atoms with van der Waals surface area (Å²) >= 11 is 0. The standard InChI is InChI=1S/C21H29N5O2/c27-19-17-15-4-5-16(14-15)18(17)20(28)26(19)9-2-1-8-24-10-12-25(13-11-24)21-22-6-3-7-23-21/h3,6-7,15-18H,1-2,4-5,8-14H2/t15-,16+,17-,18+/i1D2,2D2,3D,8D2,17D,18D. The van der Waals surface area contributed by atoms with Gasteiger partial charge in [0, 0.05) is 56.1 Å². The number of carbonyl (C=O) groups excluding carboxylic acids is 2. The molecule has 1 aromatic heterocycles. The van der Waals surface area contributed by atoms with Crippen LogP contribution in [-0.2, 0) is 9.59 Å². The summed E-state index contributed by atoms with van der Waals surface area (Å²) in [7, 11) is 0. The Labute approximate surface area is 178 Å². The van der Waals surface area contributed by atoms with E-state index in [-0.39, 0.29) is 32.2 Å². The molecule has 3 heterocycles. The zero-order valence-corrected chi connectivity index (χ0v) is 15.5. The molecule has 2 saturated heterocycles. The molecule has 7 heteroatoms. The summed E-state index contributed by atoms with van der Waals surface area (Å²) in [4.78, 5) is 38.1. The lowest BCUT2D eigenvalue weighted by molar-refractivity contribution is -0.140. The second-order valence-electron chi connectivity index (χ2n) is 7.60. The molecule has 4 atom stereocenters. The molecule has 150 valence electrons. The number of imide groups is 1. The number of rotatable bonds is 6. The van der Waals surface area contributed by atoms with Crippen molar-refractivity contribution in [3.05, 3.63) is 18.4 Å². The molecule has 2 aliphatic carbocycles. The lowest BCUT2D eigenvalue weighted by Gasteiger charge is -2.34. The monoisotopic (exact) mass is 392 g/mol. The first-order valence-corrected chi connectivity index (χ1v) is 9.74. The second kappa shape index (κ2) is 7.43. The Hall–Kier alpha value is -2.02. The fraction of sp³-hybridized carbons (Fsp3) is 0.714. The van der Waals surface area contributed by atoms with Crippen molar-refractivity contribution in [2.75, 3.05) is 44.1 Å². The predicted molar refractivity (Wildman–Crippen MR) is 104 cm³/mol. The Balaban J connectivity index is 1.32. The van der Waals surface area contributed by atoms with Gasteiger partial charge < -0.3 is 4.90 Å². The summed E-state index contributed by atoms with van der Waals surface area (Å²) in [6, 6.07) is 0.146. The number of fused-ring (bicyclic) bond motifs is 5. The van der Waals surface area contributed by atoms with Crippen LogP contribution in [0.1, 0.15) is 44.3 Å². The van der Waals surface area contributed by atoms with Gasteiger partial charge in [-0.3, -0.25) is 19.4 Å². The van der Waals surface area contributed by atoms with Gasteiger partial charge in [0.1, 0.15) is 0 Å². The van der Waals surface area contributed by atoms with Gasteiger partial charge in [0.25, 0.3) is 0 Å². The molecule has 28 heavy (non-hydrogen) atoms. The Morgan fingerprint density at radius 1 is 1.04 bits per heavy atom. The van der Waals surface area contributed by atoms with Gasteiger partial charge in [-0.05, 0) is 56.4 Å². The van der Waals surface area contributed by atoms with Crippen LogP contribution < -0.4 is 4.90 Å². The van der Waals surface area contributed by atoms with E-state index in [9.17, 15) is 9.59 Å². The molecule has 2 saturated carbocycles. The lowest BCUT2D eigenvalue weighted by Crippen LogP contribution is -2.47. The number of hydrogen-bond donors (Lipinski definition) is 0. The van der Waals surface area contributed by atoms with Crippen molar-refractivity contribution in [3.8, 4) is 0 Å². The number of nitrogens with zero attached hydrogens (tertiary/aromatic N) is 5. The summed E-state index contributed by atoms with van der Waals surface area (Å²) in [5.74, 6) is -6.56. The average molecular weight is 393 g/mol. The van der Waals surface area contributed by atoms with Gasteiger partial charge in [-0.1, -0.05) is 0 Å². The Bertz CT molecular complexity index is 1080. The molecule has 0 radical (unpaired) electrons. The van der Waals surface area contributed by atoms with Crippen molar-refractivity contribution in [3.63, 3.8) is 0 Å². The van der Waals surface area contributed by atoms with Crippen LogP contribution in [0.4, 0.5) is 5.95 Å². The molecule has 0 aromatic carbocycles. The van der Waals surface area contributed by atoms with Gasteiger partial charge in [0.2, 0.25) is 17.8 Å². The molecule has 7 nitrogen and oxygen atoms in total. The maximum Gasteiger partial charge on any atom is 0.233 e. The lowest BCUT2D eigenvalue weighted by atomic mass is 9.81. The summed E-state index contributed by atoms with van der Waals surface area (Å²) in [6.45, 7) is -3.33. The van der Waals surface area contributed by atoms with Gasteiger partial charge in [-0.25, -0.2) is 9.97 Å². The molecule has 0 N–H and O–H groups in total. The van der Waals surface area contributed by atoms with Crippen LogP contribution >= 0.6 is 0 Å². The molecule has 4 fully saturated rings. The summed E-state index contributed by atoms with van der Waals surface area (Å²) in [5.41, 5.74) is 0. The van der Waals surface area contributed by atoms with Crippen LogP contribution in [0.25, 0.3) is 0 Å². The van der Waals surface area contributed by atoms with Crippen molar-refractivity contribution in [2.24, 2.45) is 23.6 Å². The van der Waals surface area contributed by atoms with Crippen LogP contribution in [0.3, 0.4) is 0 Å². The van der Waals surface area contributed by atoms with E-state index in [1.807, 2.05) is 0 Å². The predicted octanol–water partition coefficient (Wildman–Crippen LogP) is 1.41. The summed E-state index contributed by atoms with van der Waals surface area (Å²) in [6.07, 6.45) is -1.97. The number of aromatic nitrogens is 2. The van der Waals surface area contributed by atoms with Crippen LogP contribution in [0.2, 0.25) is 0 Å². The van der Waals surface area contributed by atoms with Crippen LogP contribution in [-0.4, -0.2) is 70.8 Å². The Morgan fingerprint density at radius 3 is 2.32 bits per heavy atom. The fourth-order valence-electron chi connectivity index (χ4n) is 4.73. The van der Waals surface area contributed by atoms with Crippen molar-refractivity contribution >= 4 is 17.8 Å². The fourth-order valence-corrected chi connectivity index (χ4v) is 4.73. The normalized spacial score (nSPS) is 43.9. The number of anilines is 1. The van der Waals surface area contributed by atoms with Gasteiger partial charge in [0.15, 0.2) is 0 Å². The van der Waals surface area contributed by atoms with Crippen LogP contribution in [0, 0.1) is 23.6 Å². The first-order valence-electron chi connectivity index (χ1n) is 14.2. The summed E-state index contributed by atoms with van der Waals surface area (Å²) < 4.78 is 76.2. The van der Waals surface area contributed by atoms with Crippen LogP contribution in [0.5, 0.6) is 0 Å². The molecule has 2 bridgehead atoms. The zero-order chi connectivity index (χ0) is 27.2. The van der Waals surface area contributed by atoms with E-state index in [4.69, 9.17) is 12.3 Å². The van der Waals surface area contributed by atoms with Gasteiger partial charge >= 0.3 is 0 Å². The van der Waals surface area contributed by atoms with Crippen LogP contribution in [0.15, 0.2) is 18.4 Å². The quantitative estimate of drug-likeness (QED) is 0.682. The van der Waals surface area contributed by atoms with Crippen molar-refractivity contribution in [1.29, 1.82) is 0 Å². The third kappa shape index (κ3) is 3.09. The van der Waals surface area contributed by atoms with E-state index < -0.39 is 61.2 Å². The number of hydrogen-bond acceptors (Lipinski definition) is 6. The topological polar surface area (TPSA) is 69.6 Å². The molecular weight excluding hydrogens is 354 g/mol. The highest BCUT2D eigenvalue weighted by Gasteiger charge is 2.60. The number of piperazine rings is 1. The van der Waals surface area contributed by atoms with E-state index in [0.717, 1.165) is 0 Å². The molecule has 0 spiro atoms. The van der Waals surface area contributed by atoms with Crippen molar-refractivity contribution < 1.29 is 21.9 Å². The molecule has 0 unspecified atom stereocenters. The SMILES string of the molecule is [2H]c1cnc(N2CCN(C([2H])([2H])C([2H])([2H])C([2H])([2H])CN3C(=O)[C@@]4([2H])[C@H]5CC[C@H](C5)[C@@]4([2H])C3=O)CC2)nc1. The van der Waals surface area contributed by atoms with Gasteiger partial charge in [0.05, 0.1) is 13.2 Å². The average Bonchev–Trinajstić information content (AvgIpc) is 3.47. The van der Waals surface area contributed by atoms with E-state index in [0.29, 0.717) is 30.1 Å². The zero-order valence-electron chi connectivity index (χ0n) is 24.5. The first-order chi connectivity index (χ1) is 17.1. The molecule has 2 aliphatic heterocycles. The van der Waals surface area contributed by atoms with E-state index in [1.54, 1.807) is 4.90 Å². The van der Waals surface area contributed by atoms with Crippen molar-refractivity contribution in [2.45, 2.75) is 32.0 Å². The molecule has 2 amide bonds. The minimum absolute atomic E-state index is 0.0329. The minimum Gasteiger partial charge on any atom is -0.338 e. The largest absolute Gasteiger partial charge is 0.338 e. The second-order valence-corrected chi connectivity index (χ2v) is 7.60. The molecule has 1 aromatic rings. The van der Waals surface area contributed by atoms with Gasteiger partial charge in [-0.15, -0.1) is 0 Å². The number of carbonyl (C=O) groups is 2. The highest BCUT2D eigenvalue weighted by atomic mass is 16.2. The smallest absolute Gasteiger partial charge is 0.233 e. The van der Waals surface area contributed by atoms with Crippen molar-refractivity contribution in [1.82, 2.24) is 19.8 Å². The maximum absolute atomic E-state index is 13.2. The Morgan fingerprint density at radius 2 is 1.68 bits per heavy atom. The van der Waals surface area contributed by atoms with E-state index in [2.05, 4.69) is 9.97 Å². The molecule has 5 rings (SSSR count). The maximum atomic E-state index is 13.2. The molecule has 4 aliphatic rings. The third-order valence-electron chi connectivity index (χ3n) is 6.10. The van der Waals surface area contributed by atoms with Gasteiger partial charge in [-0.2, -0.15) is 0 Å². The first kappa shape index (κ1) is 10.7. The Kier molecular flexibility index (Phi) is 2.83. The third-order valence-corrected chi connectivity index (χ3v) is 6.10. The number of likely N-dealkylation sites (tertiary alicyclic amines) is 1. The highest BCUT2D eigenvalue weighted by Crippen LogP contribution is 2.56. The minimum atomic E-state index is -3.16.